The molecular weight excluding hydrogens is 344 g/mol. The third kappa shape index (κ3) is 2.61. The minimum Gasteiger partial charge on any atom is -0.497 e. The highest BCUT2D eigenvalue weighted by Crippen LogP contribution is 2.34. The lowest BCUT2D eigenvalue weighted by molar-refractivity contribution is 0.0695. The second kappa shape index (κ2) is 6.59. The number of aromatic nitrogens is 1. The van der Waals surface area contributed by atoms with Crippen LogP contribution in [0.3, 0.4) is 0 Å². The predicted molar refractivity (Wildman–Crippen MR) is 92.8 cm³/mol. The minimum absolute atomic E-state index is 0.0310. The van der Waals surface area contributed by atoms with Crippen LogP contribution >= 0.6 is 0 Å². The van der Waals surface area contributed by atoms with Crippen LogP contribution in [-0.2, 0) is 6.42 Å². The number of carboxylic acid groups (broad SMARTS) is 1. The van der Waals surface area contributed by atoms with Crippen LogP contribution in [0.1, 0.15) is 22.8 Å². The second-order valence-corrected chi connectivity index (χ2v) is 5.65. The van der Waals surface area contributed by atoms with Crippen molar-refractivity contribution in [3.8, 4) is 16.9 Å². The fraction of sp³-hybridized carbons (Fsp3) is 0.158. The SMILES string of the molecule is CCc1c(F)c(-c2ccc(OC)cc2)c(F)c2[nH]cc(C(=O)O)c(=O)c12. The number of hydrogen-bond donors (Lipinski definition) is 2. The average Bonchev–Trinajstić information content (AvgIpc) is 2.63. The van der Waals surface area contributed by atoms with Crippen molar-refractivity contribution < 1.29 is 23.4 Å². The van der Waals surface area contributed by atoms with Crippen LogP contribution in [-0.4, -0.2) is 23.2 Å². The van der Waals surface area contributed by atoms with E-state index in [1.54, 1.807) is 19.1 Å². The molecule has 3 aromatic rings. The Morgan fingerprint density at radius 3 is 2.38 bits per heavy atom. The molecule has 0 spiro atoms. The average molecular weight is 359 g/mol. The van der Waals surface area contributed by atoms with Crippen molar-refractivity contribution in [3.63, 3.8) is 0 Å². The van der Waals surface area contributed by atoms with Crippen molar-refractivity contribution in [2.45, 2.75) is 13.3 Å². The van der Waals surface area contributed by atoms with Gasteiger partial charge in [0.15, 0.2) is 5.82 Å². The molecule has 0 atom stereocenters. The largest absolute Gasteiger partial charge is 0.497 e. The van der Waals surface area contributed by atoms with Crippen molar-refractivity contribution in [2.75, 3.05) is 7.11 Å². The van der Waals surface area contributed by atoms with Crippen LogP contribution in [0.2, 0.25) is 0 Å². The van der Waals surface area contributed by atoms with Gasteiger partial charge in [0, 0.05) is 11.8 Å². The van der Waals surface area contributed by atoms with Crippen LogP contribution in [0.4, 0.5) is 8.78 Å². The van der Waals surface area contributed by atoms with Crippen molar-refractivity contribution >= 4 is 16.9 Å². The van der Waals surface area contributed by atoms with E-state index in [0.717, 1.165) is 6.20 Å². The number of H-pyrrole nitrogens is 1. The molecule has 5 nitrogen and oxygen atoms in total. The second-order valence-electron chi connectivity index (χ2n) is 5.65. The highest BCUT2D eigenvalue weighted by molar-refractivity contribution is 5.95. The molecule has 0 saturated heterocycles. The summed E-state index contributed by atoms with van der Waals surface area (Å²) in [5, 5.41) is 8.81. The van der Waals surface area contributed by atoms with E-state index in [9.17, 15) is 9.59 Å². The maximum atomic E-state index is 15.1. The number of nitrogens with one attached hydrogen (secondary N) is 1. The molecule has 0 aliphatic carbocycles. The van der Waals surface area contributed by atoms with E-state index in [1.807, 2.05) is 0 Å². The van der Waals surface area contributed by atoms with Gasteiger partial charge in [-0.2, -0.15) is 0 Å². The zero-order chi connectivity index (χ0) is 19.0. The number of hydrogen-bond acceptors (Lipinski definition) is 3. The van der Waals surface area contributed by atoms with Crippen LogP contribution in [0.5, 0.6) is 5.75 Å². The molecule has 0 radical (unpaired) electrons. The molecule has 0 amide bonds. The lowest BCUT2D eigenvalue weighted by Gasteiger charge is -2.14. The first kappa shape index (κ1) is 17.6. The van der Waals surface area contributed by atoms with Crippen LogP contribution in [0.15, 0.2) is 35.3 Å². The first-order valence-electron chi connectivity index (χ1n) is 7.83. The Labute approximate surface area is 146 Å². The fourth-order valence-electron chi connectivity index (χ4n) is 2.98. The van der Waals surface area contributed by atoms with E-state index in [1.165, 1.54) is 19.2 Å². The fourth-order valence-corrected chi connectivity index (χ4v) is 2.98. The normalized spacial score (nSPS) is 10.9. The lowest BCUT2D eigenvalue weighted by Crippen LogP contribution is -2.18. The number of benzene rings is 2. The number of aryl methyl sites for hydroxylation is 1. The molecular formula is C19H15F2NO4. The highest BCUT2D eigenvalue weighted by atomic mass is 19.1. The molecule has 3 rings (SSSR count). The van der Waals surface area contributed by atoms with E-state index in [0.29, 0.717) is 5.75 Å². The molecule has 1 heterocycles. The summed E-state index contributed by atoms with van der Waals surface area (Å²) in [5.41, 5.74) is -1.73. The maximum absolute atomic E-state index is 15.1. The van der Waals surface area contributed by atoms with E-state index >= 15 is 8.78 Å². The third-order valence-corrected chi connectivity index (χ3v) is 4.27. The summed E-state index contributed by atoms with van der Waals surface area (Å²) in [4.78, 5) is 26.1. The molecule has 7 heteroatoms. The number of aromatic carboxylic acids is 1. The van der Waals surface area contributed by atoms with Crippen LogP contribution in [0.25, 0.3) is 22.0 Å². The Balaban J connectivity index is 2.41. The first-order chi connectivity index (χ1) is 12.4. The predicted octanol–water partition coefficient (Wildman–Crippen LogP) is 3.74. The van der Waals surface area contributed by atoms with Gasteiger partial charge in [0.2, 0.25) is 5.43 Å². The Hall–Kier alpha value is -3.22. The topological polar surface area (TPSA) is 79.4 Å². The molecule has 0 fully saturated rings. The molecule has 0 aliphatic heterocycles. The minimum atomic E-state index is -1.46. The number of halogens is 2. The zero-order valence-corrected chi connectivity index (χ0v) is 14.0. The highest BCUT2D eigenvalue weighted by Gasteiger charge is 2.24. The Morgan fingerprint density at radius 1 is 1.19 bits per heavy atom. The molecule has 0 unspecified atom stereocenters. The number of aromatic amines is 1. The number of pyridine rings is 1. The summed E-state index contributed by atoms with van der Waals surface area (Å²) in [6.45, 7) is 1.61. The Bertz CT molecular complexity index is 1070. The first-order valence-corrected chi connectivity index (χ1v) is 7.83. The van der Waals surface area contributed by atoms with Gasteiger partial charge >= 0.3 is 5.97 Å². The number of fused-ring (bicyclic) bond motifs is 1. The zero-order valence-electron chi connectivity index (χ0n) is 14.0. The summed E-state index contributed by atoms with van der Waals surface area (Å²) >= 11 is 0. The number of methoxy groups -OCH3 is 1. The molecule has 134 valence electrons. The van der Waals surface area contributed by atoms with Crippen molar-refractivity contribution in [1.82, 2.24) is 4.98 Å². The van der Waals surface area contributed by atoms with Crippen molar-refractivity contribution in [3.05, 3.63) is 63.4 Å². The Kier molecular flexibility index (Phi) is 4.46. The van der Waals surface area contributed by atoms with Gasteiger partial charge in [-0.3, -0.25) is 4.79 Å². The maximum Gasteiger partial charge on any atom is 0.341 e. The summed E-state index contributed by atoms with van der Waals surface area (Å²) < 4.78 is 35.2. The summed E-state index contributed by atoms with van der Waals surface area (Å²) in [6, 6.07) is 6.16. The van der Waals surface area contributed by atoms with Gasteiger partial charge in [-0.25, -0.2) is 13.6 Å². The lowest BCUT2D eigenvalue weighted by atomic mass is 9.95. The van der Waals surface area contributed by atoms with Crippen molar-refractivity contribution in [2.24, 2.45) is 0 Å². The quantitative estimate of drug-likeness (QED) is 0.744. The van der Waals surface area contributed by atoms with Gasteiger partial charge in [0.05, 0.1) is 23.6 Å². The van der Waals surface area contributed by atoms with Gasteiger partial charge in [0.25, 0.3) is 0 Å². The van der Waals surface area contributed by atoms with Crippen molar-refractivity contribution in [1.29, 1.82) is 0 Å². The third-order valence-electron chi connectivity index (χ3n) is 4.27. The van der Waals surface area contributed by atoms with Crippen LogP contribution in [0, 0.1) is 11.6 Å². The molecule has 2 N–H and O–H groups in total. The molecule has 2 aromatic carbocycles. The number of carboxylic acids is 1. The van der Waals surface area contributed by atoms with Gasteiger partial charge < -0.3 is 14.8 Å². The van der Waals surface area contributed by atoms with E-state index in [4.69, 9.17) is 9.84 Å². The standard InChI is InChI=1S/C19H15F2NO4/c1-3-11-14-17(22-8-12(18(14)23)19(24)25)16(21)13(15(11)20)9-4-6-10(26-2)7-5-9/h4-8H,3H2,1-2H3,(H,22,23)(H,24,25). The van der Waals surface area contributed by atoms with E-state index < -0.39 is 28.6 Å². The van der Waals surface area contributed by atoms with Gasteiger partial charge in [-0.1, -0.05) is 19.1 Å². The smallest absolute Gasteiger partial charge is 0.341 e. The van der Waals surface area contributed by atoms with Gasteiger partial charge in [0.1, 0.15) is 17.1 Å². The monoisotopic (exact) mass is 359 g/mol. The van der Waals surface area contributed by atoms with E-state index in [2.05, 4.69) is 4.98 Å². The number of ether oxygens (including phenoxy) is 1. The Morgan fingerprint density at radius 2 is 1.85 bits per heavy atom. The van der Waals surface area contributed by atoms with Crippen LogP contribution < -0.4 is 10.2 Å². The molecule has 1 aromatic heterocycles. The molecule has 0 bridgehead atoms. The summed E-state index contributed by atoms with van der Waals surface area (Å²) in [6.07, 6.45) is 1.02. The molecule has 0 aliphatic rings. The molecule has 0 saturated carbocycles. The van der Waals surface area contributed by atoms with Gasteiger partial charge in [-0.05, 0) is 24.1 Å². The summed E-state index contributed by atoms with van der Waals surface area (Å²) in [7, 11) is 1.48. The molecule has 26 heavy (non-hydrogen) atoms. The van der Waals surface area contributed by atoms with E-state index in [-0.39, 0.29) is 34.0 Å². The number of carbonyl (C=O) groups is 1. The number of rotatable bonds is 4. The van der Waals surface area contributed by atoms with Gasteiger partial charge in [-0.15, -0.1) is 0 Å². The summed E-state index contributed by atoms with van der Waals surface area (Å²) in [5.74, 6) is -2.76.